The summed E-state index contributed by atoms with van der Waals surface area (Å²) in [6.07, 6.45) is 6.33. The van der Waals surface area contributed by atoms with Crippen molar-refractivity contribution in [1.29, 1.82) is 0 Å². The third kappa shape index (κ3) is 7.01. The van der Waals surface area contributed by atoms with Crippen molar-refractivity contribution in [2.45, 2.75) is 83.0 Å². The van der Waals surface area contributed by atoms with Gasteiger partial charge in [-0.2, -0.15) is 0 Å². The Kier molecular flexibility index (Phi) is 7.75. The van der Waals surface area contributed by atoms with Crippen LogP contribution in [0.4, 0.5) is 0 Å². The maximum Gasteiger partial charge on any atom is 0.223 e. The standard InChI is InChI=1S/C24H39N5O/c1-17(18-9-6-5-7-10-18)29-24(2,3)16-26-23(25-4)28-21-12-8-11-19(15-21)22(30)27-20-13-14-20/h5-7,9-10,17,19-21,29H,8,11-16H2,1-4H3,(H,27,30)(H2,25,26,28). The van der Waals surface area contributed by atoms with E-state index in [0.717, 1.165) is 51.0 Å². The van der Waals surface area contributed by atoms with E-state index in [1.807, 2.05) is 13.1 Å². The topological polar surface area (TPSA) is 77.6 Å². The molecule has 166 valence electrons. The van der Waals surface area contributed by atoms with Gasteiger partial charge in [0.25, 0.3) is 0 Å². The average Bonchev–Trinajstić information content (AvgIpc) is 3.55. The SMILES string of the molecule is CN=C(NCC(C)(C)NC(C)c1ccccc1)NC1CCCC(C(=O)NC2CC2)C1. The maximum absolute atomic E-state index is 12.4. The lowest BCUT2D eigenvalue weighted by Gasteiger charge is -2.33. The number of nitrogens with one attached hydrogen (secondary N) is 4. The second-order valence-corrected chi connectivity index (χ2v) is 9.57. The summed E-state index contributed by atoms with van der Waals surface area (Å²) in [5, 5.41) is 13.9. The molecule has 0 aromatic heterocycles. The number of amides is 1. The highest BCUT2D eigenvalue weighted by Crippen LogP contribution is 2.26. The summed E-state index contributed by atoms with van der Waals surface area (Å²) in [7, 11) is 1.81. The molecule has 1 aromatic rings. The number of carbonyl (C=O) groups excluding carboxylic acids is 1. The molecule has 30 heavy (non-hydrogen) atoms. The molecule has 2 aliphatic carbocycles. The highest BCUT2D eigenvalue weighted by atomic mass is 16.2. The average molecular weight is 414 g/mol. The summed E-state index contributed by atoms with van der Waals surface area (Å²) < 4.78 is 0. The fourth-order valence-electron chi connectivity index (χ4n) is 4.26. The van der Waals surface area contributed by atoms with E-state index in [9.17, 15) is 4.79 Å². The molecule has 0 aliphatic heterocycles. The first-order valence-electron chi connectivity index (χ1n) is 11.5. The number of nitrogens with zero attached hydrogens (tertiary/aromatic N) is 1. The summed E-state index contributed by atoms with van der Waals surface area (Å²) >= 11 is 0. The third-order valence-electron chi connectivity index (χ3n) is 6.14. The predicted octanol–water partition coefficient (Wildman–Crippen LogP) is 3.12. The van der Waals surface area contributed by atoms with Gasteiger partial charge in [0.2, 0.25) is 5.91 Å². The van der Waals surface area contributed by atoms with Gasteiger partial charge < -0.3 is 21.3 Å². The summed E-state index contributed by atoms with van der Waals surface area (Å²) in [6, 6.07) is 11.5. The quantitative estimate of drug-likeness (QED) is 0.390. The molecule has 2 fully saturated rings. The van der Waals surface area contributed by atoms with Gasteiger partial charge in [0.1, 0.15) is 0 Å². The van der Waals surface area contributed by atoms with Crippen LogP contribution in [-0.4, -0.2) is 43.1 Å². The van der Waals surface area contributed by atoms with E-state index in [1.165, 1.54) is 5.56 Å². The van der Waals surface area contributed by atoms with Gasteiger partial charge in [-0.15, -0.1) is 0 Å². The molecule has 1 amide bonds. The van der Waals surface area contributed by atoms with Crippen LogP contribution in [0.3, 0.4) is 0 Å². The van der Waals surface area contributed by atoms with E-state index in [4.69, 9.17) is 0 Å². The molecule has 3 atom stereocenters. The van der Waals surface area contributed by atoms with E-state index in [0.29, 0.717) is 12.1 Å². The van der Waals surface area contributed by atoms with E-state index in [1.54, 1.807) is 0 Å². The van der Waals surface area contributed by atoms with E-state index in [2.05, 4.69) is 71.3 Å². The number of aliphatic imine (C=N–C) groups is 1. The van der Waals surface area contributed by atoms with Crippen LogP contribution in [0.2, 0.25) is 0 Å². The Morgan fingerprint density at radius 1 is 1.10 bits per heavy atom. The van der Waals surface area contributed by atoms with Crippen molar-refractivity contribution in [2.75, 3.05) is 13.6 Å². The Hall–Kier alpha value is -2.08. The molecule has 3 rings (SSSR count). The number of rotatable bonds is 8. The number of guanidine groups is 1. The minimum atomic E-state index is -0.105. The first-order chi connectivity index (χ1) is 14.4. The predicted molar refractivity (Wildman–Crippen MR) is 123 cm³/mol. The lowest BCUT2D eigenvalue weighted by molar-refractivity contribution is -0.126. The summed E-state index contributed by atoms with van der Waals surface area (Å²) in [6.45, 7) is 7.35. The highest BCUT2D eigenvalue weighted by molar-refractivity contribution is 5.81. The van der Waals surface area contributed by atoms with Crippen LogP contribution in [0, 0.1) is 5.92 Å². The van der Waals surface area contributed by atoms with Gasteiger partial charge in [0.05, 0.1) is 0 Å². The van der Waals surface area contributed by atoms with Gasteiger partial charge in [-0.05, 0) is 58.4 Å². The van der Waals surface area contributed by atoms with Crippen LogP contribution in [0.25, 0.3) is 0 Å². The van der Waals surface area contributed by atoms with Crippen molar-refractivity contribution < 1.29 is 4.79 Å². The monoisotopic (exact) mass is 413 g/mol. The third-order valence-corrected chi connectivity index (χ3v) is 6.14. The smallest absolute Gasteiger partial charge is 0.223 e. The van der Waals surface area contributed by atoms with Crippen molar-refractivity contribution in [3.63, 3.8) is 0 Å². The molecular weight excluding hydrogens is 374 g/mol. The molecule has 0 bridgehead atoms. The zero-order chi connectivity index (χ0) is 21.6. The fourth-order valence-corrected chi connectivity index (χ4v) is 4.26. The highest BCUT2D eigenvalue weighted by Gasteiger charge is 2.31. The van der Waals surface area contributed by atoms with Crippen molar-refractivity contribution in [3.05, 3.63) is 35.9 Å². The van der Waals surface area contributed by atoms with Gasteiger partial charge in [0, 0.05) is 43.2 Å². The second kappa shape index (κ2) is 10.3. The summed E-state index contributed by atoms with van der Waals surface area (Å²) in [5.41, 5.74) is 1.18. The minimum Gasteiger partial charge on any atom is -0.355 e. The Balaban J connectivity index is 1.45. The molecule has 2 saturated carbocycles. The Morgan fingerprint density at radius 3 is 2.50 bits per heavy atom. The van der Waals surface area contributed by atoms with Crippen LogP contribution in [0.1, 0.15) is 70.9 Å². The van der Waals surface area contributed by atoms with Crippen molar-refractivity contribution in [2.24, 2.45) is 10.9 Å². The lowest BCUT2D eigenvalue weighted by atomic mass is 9.85. The van der Waals surface area contributed by atoms with E-state index >= 15 is 0 Å². The molecule has 2 aliphatic rings. The van der Waals surface area contributed by atoms with Crippen LogP contribution in [-0.2, 0) is 4.79 Å². The molecule has 0 spiro atoms. The van der Waals surface area contributed by atoms with Crippen molar-refractivity contribution >= 4 is 11.9 Å². The molecule has 0 saturated heterocycles. The molecular formula is C24H39N5O. The molecule has 3 unspecified atom stereocenters. The normalized spacial score (nSPS) is 23.5. The zero-order valence-electron chi connectivity index (χ0n) is 19.0. The van der Waals surface area contributed by atoms with Gasteiger partial charge in [-0.3, -0.25) is 9.79 Å². The molecule has 6 heteroatoms. The summed E-state index contributed by atoms with van der Waals surface area (Å²) in [4.78, 5) is 16.9. The first-order valence-corrected chi connectivity index (χ1v) is 11.5. The first kappa shape index (κ1) is 22.6. The lowest BCUT2D eigenvalue weighted by Crippen LogP contribution is -2.54. The van der Waals surface area contributed by atoms with Crippen LogP contribution < -0.4 is 21.3 Å². The Labute approximate surface area is 181 Å². The molecule has 6 nitrogen and oxygen atoms in total. The Bertz CT molecular complexity index is 714. The van der Waals surface area contributed by atoms with E-state index < -0.39 is 0 Å². The van der Waals surface area contributed by atoms with Crippen molar-refractivity contribution in [1.82, 2.24) is 21.3 Å². The maximum atomic E-state index is 12.4. The minimum absolute atomic E-state index is 0.105. The molecule has 1 aromatic carbocycles. The molecule has 4 N–H and O–H groups in total. The second-order valence-electron chi connectivity index (χ2n) is 9.57. The fraction of sp³-hybridized carbons (Fsp3) is 0.667. The summed E-state index contributed by atoms with van der Waals surface area (Å²) in [5.74, 6) is 1.18. The van der Waals surface area contributed by atoms with Crippen LogP contribution >= 0.6 is 0 Å². The molecule has 0 heterocycles. The number of hydrogen-bond donors (Lipinski definition) is 4. The Morgan fingerprint density at radius 2 is 1.83 bits per heavy atom. The van der Waals surface area contributed by atoms with Gasteiger partial charge in [-0.25, -0.2) is 0 Å². The van der Waals surface area contributed by atoms with Crippen molar-refractivity contribution in [3.8, 4) is 0 Å². The number of benzene rings is 1. The van der Waals surface area contributed by atoms with Gasteiger partial charge in [0.15, 0.2) is 5.96 Å². The number of hydrogen-bond acceptors (Lipinski definition) is 3. The zero-order valence-corrected chi connectivity index (χ0v) is 19.0. The van der Waals surface area contributed by atoms with Crippen LogP contribution in [0.5, 0.6) is 0 Å². The number of carbonyl (C=O) groups is 1. The molecule has 0 radical (unpaired) electrons. The van der Waals surface area contributed by atoms with Gasteiger partial charge in [-0.1, -0.05) is 36.8 Å². The van der Waals surface area contributed by atoms with Crippen LogP contribution in [0.15, 0.2) is 35.3 Å². The van der Waals surface area contributed by atoms with E-state index in [-0.39, 0.29) is 23.4 Å². The largest absolute Gasteiger partial charge is 0.355 e. The van der Waals surface area contributed by atoms with Gasteiger partial charge >= 0.3 is 0 Å².